The number of benzene rings is 2. The Hall–Kier alpha value is -4.41. The van der Waals surface area contributed by atoms with Crippen LogP contribution in [-0.4, -0.2) is 146 Å². The summed E-state index contributed by atoms with van der Waals surface area (Å²) >= 11 is 0. The fraction of sp³-hybridized carbons (Fsp3) is 0.622. The fourth-order valence-corrected chi connectivity index (χ4v) is 6.47. The minimum Gasteiger partial charge on any atom is -0.460 e. The first kappa shape index (κ1) is 49.9. The summed E-state index contributed by atoms with van der Waals surface area (Å²) in [6, 6.07) is 18.0. The summed E-state index contributed by atoms with van der Waals surface area (Å²) in [7, 11) is 0. The lowest BCUT2D eigenvalue weighted by molar-refractivity contribution is -0.160. The van der Waals surface area contributed by atoms with Crippen molar-refractivity contribution in [2.24, 2.45) is 5.92 Å². The molecule has 0 bridgehead atoms. The van der Waals surface area contributed by atoms with Gasteiger partial charge in [0.2, 0.25) is 5.91 Å². The highest BCUT2D eigenvalue weighted by Gasteiger charge is 2.37. The molecule has 2 unspecified atom stereocenters. The number of ether oxygens (including phenoxy) is 5. The van der Waals surface area contributed by atoms with Crippen LogP contribution in [0.5, 0.6) is 0 Å². The Morgan fingerprint density at radius 2 is 1.12 bits per heavy atom. The number of nitrogens with zero attached hydrogens (tertiary/aromatic N) is 3. The Morgan fingerprint density at radius 3 is 1.67 bits per heavy atom. The number of hydrogen-bond acceptors (Lipinski definition) is 14. The van der Waals surface area contributed by atoms with Gasteiger partial charge in [0.15, 0.2) is 0 Å². The van der Waals surface area contributed by atoms with E-state index >= 15 is 0 Å². The van der Waals surface area contributed by atoms with Gasteiger partial charge in [-0.25, -0.2) is 0 Å². The predicted molar refractivity (Wildman–Crippen MR) is 227 cm³/mol. The van der Waals surface area contributed by atoms with E-state index in [4.69, 9.17) is 23.7 Å². The predicted octanol–water partition coefficient (Wildman–Crippen LogP) is 3.58. The number of carbonyl (C=O) groups excluding carboxylic acids is 5. The second kappa shape index (κ2) is 24.1. The second-order valence-corrected chi connectivity index (χ2v) is 18.0. The van der Waals surface area contributed by atoms with Crippen LogP contribution in [0.3, 0.4) is 0 Å². The minimum absolute atomic E-state index is 0.0339. The molecule has 2 aromatic carbocycles. The van der Waals surface area contributed by atoms with Crippen LogP contribution >= 0.6 is 0 Å². The lowest BCUT2D eigenvalue weighted by Crippen LogP contribution is -2.58. The largest absolute Gasteiger partial charge is 0.460 e. The maximum absolute atomic E-state index is 14.5. The highest BCUT2D eigenvalue weighted by atomic mass is 16.6. The van der Waals surface area contributed by atoms with Crippen LogP contribution in [0, 0.1) is 5.92 Å². The molecule has 0 saturated carbocycles. The van der Waals surface area contributed by atoms with Gasteiger partial charge in [-0.15, -0.1) is 0 Å². The third kappa shape index (κ3) is 21.2. The first-order valence-corrected chi connectivity index (χ1v) is 20.8. The molecule has 2 aromatic rings. The van der Waals surface area contributed by atoms with Gasteiger partial charge in [0.1, 0.15) is 30.0 Å². The smallest absolute Gasteiger partial charge is 0.325 e. The summed E-state index contributed by atoms with van der Waals surface area (Å²) in [5, 5.41) is 6.20. The van der Waals surface area contributed by atoms with Crippen molar-refractivity contribution in [2.75, 3.05) is 78.6 Å². The van der Waals surface area contributed by atoms with Gasteiger partial charge in [-0.1, -0.05) is 60.7 Å². The zero-order valence-electron chi connectivity index (χ0n) is 37.3. The van der Waals surface area contributed by atoms with Crippen molar-refractivity contribution < 1.29 is 47.7 Å². The second-order valence-electron chi connectivity index (χ2n) is 18.0. The molecule has 334 valence electrons. The average Bonchev–Trinajstić information content (AvgIpc) is 3.13. The SMILES string of the molecule is CC(C)(C)OC(=O)CN1CCNCCN(CC(=O)OC(C)(C)C)C(C(COCc2ccccc2)C(=O)NCC(=O)OCc2ccccc2)CN(CC(=O)OC(C)(C)C)CC1. The molecule has 2 atom stereocenters. The van der Waals surface area contributed by atoms with Crippen LogP contribution in [0.2, 0.25) is 0 Å². The Kier molecular flexibility index (Phi) is 20.1. The van der Waals surface area contributed by atoms with E-state index in [1.807, 2.05) is 96.1 Å². The summed E-state index contributed by atoms with van der Waals surface area (Å²) in [6.45, 7) is 18.2. The van der Waals surface area contributed by atoms with Crippen LogP contribution in [0.15, 0.2) is 60.7 Å². The molecule has 1 saturated heterocycles. The first-order chi connectivity index (χ1) is 28.2. The van der Waals surface area contributed by atoms with E-state index in [1.54, 1.807) is 41.5 Å². The highest BCUT2D eigenvalue weighted by Crippen LogP contribution is 2.20. The molecule has 1 fully saturated rings. The molecule has 3 rings (SSSR count). The standard InChI is InChI=1S/C45H69N5O10/c1-43(2,3)58-39(52)28-48-22-20-46-21-23-50(30-41(54)60-45(7,8)9)37(27-49(25-24-48)29-40(53)59-44(4,5)6)36(33-56-31-34-16-12-10-13-17-34)42(55)47-26-38(51)57-32-35-18-14-11-15-19-35/h10-19,36-37,46H,20-33H2,1-9H3,(H,47,55). The van der Waals surface area contributed by atoms with Gasteiger partial charge in [-0.3, -0.25) is 38.7 Å². The number of esters is 4. The third-order valence-electron chi connectivity index (χ3n) is 8.98. The van der Waals surface area contributed by atoms with Crippen molar-refractivity contribution >= 4 is 29.8 Å². The van der Waals surface area contributed by atoms with Gasteiger partial charge in [0.05, 0.1) is 38.8 Å². The van der Waals surface area contributed by atoms with E-state index in [-0.39, 0.29) is 52.0 Å². The molecule has 0 aliphatic carbocycles. The zero-order valence-corrected chi connectivity index (χ0v) is 37.3. The minimum atomic E-state index is -0.958. The fourth-order valence-electron chi connectivity index (χ4n) is 6.47. The Balaban J connectivity index is 2.03. The Bertz CT molecular complexity index is 1640. The van der Waals surface area contributed by atoms with Crippen LogP contribution in [0.4, 0.5) is 0 Å². The summed E-state index contributed by atoms with van der Waals surface area (Å²) in [5.74, 6) is -3.42. The molecular formula is C45H69N5O10. The maximum Gasteiger partial charge on any atom is 0.325 e. The third-order valence-corrected chi connectivity index (χ3v) is 8.98. The van der Waals surface area contributed by atoms with Crippen molar-refractivity contribution in [3.05, 3.63) is 71.8 Å². The lowest BCUT2D eigenvalue weighted by Gasteiger charge is -2.40. The molecule has 1 amide bonds. The normalized spacial score (nSPS) is 17.3. The van der Waals surface area contributed by atoms with Crippen molar-refractivity contribution in [1.29, 1.82) is 0 Å². The number of hydrogen-bond donors (Lipinski definition) is 2. The first-order valence-electron chi connectivity index (χ1n) is 20.8. The molecule has 1 heterocycles. The van der Waals surface area contributed by atoms with E-state index in [0.29, 0.717) is 39.3 Å². The average molecular weight is 840 g/mol. The molecular weight excluding hydrogens is 771 g/mol. The van der Waals surface area contributed by atoms with Crippen molar-refractivity contribution in [2.45, 2.75) is 98.4 Å². The van der Waals surface area contributed by atoms with Crippen LogP contribution < -0.4 is 10.6 Å². The number of nitrogens with one attached hydrogen (secondary N) is 2. The quantitative estimate of drug-likeness (QED) is 0.186. The molecule has 60 heavy (non-hydrogen) atoms. The Morgan fingerprint density at radius 1 is 0.633 bits per heavy atom. The molecule has 15 nitrogen and oxygen atoms in total. The lowest BCUT2D eigenvalue weighted by atomic mass is 9.96. The summed E-state index contributed by atoms with van der Waals surface area (Å²) in [6.07, 6.45) is 0. The van der Waals surface area contributed by atoms with E-state index < -0.39 is 59.1 Å². The van der Waals surface area contributed by atoms with Crippen molar-refractivity contribution in [3.63, 3.8) is 0 Å². The van der Waals surface area contributed by atoms with Crippen molar-refractivity contribution in [3.8, 4) is 0 Å². The number of carbonyl (C=O) groups is 5. The molecule has 1 aliphatic rings. The summed E-state index contributed by atoms with van der Waals surface area (Å²) in [5.41, 5.74) is -0.493. The van der Waals surface area contributed by atoms with Crippen LogP contribution in [0.1, 0.15) is 73.4 Å². The van der Waals surface area contributed by atoms with Gasteiger partial charge >= 0.3 is 23.9 Å². The van der Waals surface area contributed by atoms with E-state index in [0.717, 1.165) is 11.1 Å². The number of rotatable bonds is 16. The molecule has 2 N–H and O–H groups in total. The van der Waals surface area contributed by atoms with Gasteiger partial charge in [0, 0.05) is 51.9 Å². The highest BCUT2D eigenvalue weighted by molar-refractivity contribution is 5.84. The van der Waals surface area contributed by atoms with Gasteiger partial charge in [0.25, 0.3) is 0 Å². The van der Waals surface area contributed by atoms with Gasteiger partial charge in [-0.2, -0.15) is 0 Å². The number of amides is 1. The van der Waals surface area contributed by atoms with Crippen LogP contribution in [0.25, 0.3) is 0 Å². The molecule has 0 aromatic heterocycles. The molecule has 0 radical (unpaired) electrons. The van der Waals surface area contributed by atoms with E-state index in [9.17, 15) is 24.0 Å². The monoisotopic (exact) mass is 840 g/mol. The zero-order chi connectivity index (χ0) is 44.3. The topological polar surface area (TPSA) is 165 Å². The van der Waals surface area contributed by atoms with Crippen LogP contribution in [-0.2, 0) is 60.9 Å². The van der Waals surface area contributed by atoms with Crippen molar-refractivity contribution in [1.82, 2.24) is 25.3 Å². The van der Waals surface area contributed by atoms with Gasteiger partial charge in [-0.05, 0) is 73.4 Å². The summed E-state index contributed by atoms with van der Waals surface area (Å²) < 4.78 is 28.9. The summed E-state index contributed by atoms with van der Waals surface area (Å²) in [4.78, 5) is 73.2. The molecule has 15 heteroatoms. The van der Waals surface area contributed by atoms with E-state index in [2.05, 4.69) is 10.6 Å². The molecule has 0 spiro atoms. The van der Waals surface area contributed by atoms with E-state index in [1.165, 1.54) is 0 Å². The van der Waals surface area contributed by atoms with Gasteiger partial charge < -0.3 is 34.3 Å². The Labute approximate surface area is 356 Å². The maximum atomic E-state index is 14.5. The molecule has 1 aliphatic heterocycles.